The predicted octanol–water partition coefficient (Wildman–Crippen LogP) is 2.29. The van der Waals surface area contributed by atoms with E-state index in [0.717, 1.165) is 26.2 Å². The van der Waals surface area contributed by atoms with Crippen molar-refractivity contribution in [2.24, 2.45) is 0 Å². The van der Waals surface area contributed by atoms with Crippen LogP contribution in [0.15, 0.2) is 24.9 Å². The molecule has 0 spiro atoms. The normalized spacial score (nSPS) is 20.6. The molecular formula is C10H11NSi. The van der Waals surface area contributed by atoms with Gasteiger partial charge in [-0.25, -0.2) is 0 Å². The zero-order valence-corrected chi connectivity index (χ0v) is 8.17. The van der Waals surface area contributed by atoms with Gasteiger partial charge < -0.3 is 0 Å². The lowest BCUT2D eigenvalue weighted by Gasteiger charge is -2.00. The Labute approximate surface area is 75.4 Å². The monoisotopic (exact) mass is 173 g/mol. The van der Waals surface area contributed by atoms with E-state index in [0.29, 0.717) is 0 Å². The Hall–Kier alpha value is -0.893. The topological polar surface area (TPSA) is 12.9 Å². The van der Waals surface area contributed by atoms with Crippen LogP contribution in [0.4, 0.5) is 0 Å². The van der Waals surface area contributed by atoms with E-state index in [1.807, 2.05) is 13.1 Å². The van der Waals surface area contributed by atoms with E-state index >= 15 is 0 Å². The Balaban J connectivity index is 2.24. The molecule has 1 nitrogen and oxygen atoms in total. The Kier molecular flexibility index (Phi) is 1.85. The molecule has 12 heavy (non-hydrogen) atoms. The van der Waals surface area contributed by atoms with E-state index in [1.54, 1.807) is 0 Å². The van der Waals surface area contributed by atoms with Gasteiger partial charge in [-0.3, -0.25) is 4.98 Å². The van der Waals surface area contributed by atoms with Gasteiger partial charge in [-0.15, -0.1) is 0 Å². The van der Waals surface area contributed by atoms with Crippen molar-refractivity contribution in [1.29, 1.82) is 0 Å². The molecule has 0 bridgehead atoms. The maximum absolute atomic E-state index is 4.41. The van der Waals surface area contributed by atoms with Gasteiger partial charge in [0.2, 0.25) is 0 Å². The molecule has 1 aliphatic rings. The van der Waals surface area contributed by atoms with Crippen molar-refractivity contribution in [3.05, 3.63) is 36.2 Å². The molecule has 0 saturated carbocycles. The fourth-order valence-corrected chi connectivity index (χ4v) is 1.84. The first-order valence-corrected chi connectivity index (χ1v) is 5.41. The number of nitrogens with zero attached hydrogens (tertiary/aromatic N) is 1. The van der Waals surface area contributed by atoms with Crippen LogP contribution in [0.2, 0.25) is 6.04 Å². The number of hydrogen-bond donors (Lipinski definition) is 0. The lowest BCUT2D eigenvalue weighted by atomic mass is 10.1. The predicted molar refractivity (Wildman–Crippen MR) is 52.2 cm³/mol. The van der Waals surface area contributed by atoms with Crippen LogP contribution < -0.4 is 0 Å². The third-order valence-corrected chi connectivity index (χ3v) is 3.16. The number of rotatable bonds is 2. The van der Waals surface area contributed by atoms with Crippen LogP contribution in [0.25, 0.3) is 5.57 Å². The van der Waals surface area contributed by atoms with Gasteiger partial charge in [-0.2, -0.15) is 0 Å². The quantitative estimate of drug-likeness (QED) is 0.625. The second-order valence-corrected chi connectivity index (χ2v) is 4.73. The van der Waals surface area contributed by atoms with E-state index in [2.05, 4.69) is 23.7 Å². The standard InChI is InChI=1S/C10H11NSi/c1-7(2)8-3-4-9(11-5-8)10-6-12-10/h3-5,10H,1,6H2,2H3/t10-/m1/s1. The largest absolute Gasteiger partial charge is 0.261 e. The van der Waals surface area contributed by atoms with Crippen LogP contribution in [-0.2, 0) is 0 Å². The first kappa shape index (κ1) is 7.74. The molecule has 0 aliphatic carbocycles. The molecule has 1 aromatic rings. The fourth-order valence-electron chi connectivity index (χ4n) is 1.13. The van der Waals surface area contributed by atoms with Crippen LogP contribution in [0, 0.1) is 0 Å². The van der Waals surface area contributed by atoms with Crippen molar-refractivity contribution in [2.45, 2.75) is 18.5 Å². The molecule has 2 heterocycles. The van der Waals surface area contributed by atoms with Gasteiger partial charge in [0, 0.05) is 21.4 Å². The summed E-state index contributed by atoms with van der Waals surface area (Å²) in [7, 11) is 1.11. The minimum absolute atomic E-state index is 0.782. The maximum atomic E-state index is 4.41. The Morgan fingerprint density at radius 2 is 2.42 bits per heavy atom. The number of pyridine rings is 1. The molecule has 1 aromatic heterocycles. The minimum atomic E-state index is 0.782. The Morgan fingerprint density at radius 1 is 1.67 bits per heavy atom. The molecule has 1 aliphatic heterocycles. The highest BCUT2D eigenvalue weighted by Gasteiger charge is 2.25. The summed E-state index contributed by atoms with van der Waals surface area (Å²) in [6.07, 6.45) is 1.93. The van der Waals surface area contributed by atoms with Crippen LogP contribution in [-0.4, -0.2) is 14.5 Å². The molecule has 0 amide bonds. The van der Waals surface area contributed by atoms with Crippen LogP contribution in [0.5, 0.6) is 0 Å². The third-order valence-electron chi connectivity index (χ3n) is 2.04. The first-order valence-electron chi connectivity index (χ1n) is 4.12. The minimum Gasteiger partial charge on any atom is -0.261 e. The number of aromatic nitrogens is 1. The summed E-state index contributed by atoms with van der Waals surface area (Å²) in [5, 5.41) is 0. The van der Waals surface area contributed by atoms with Gasteiger partial charge in [0.15, 0.2) is 0 Å². The fraction of sp³-hybridized carbons (Fsp3) is 0.300. The molecule has 2 heteroatoms. The average molecular weight is 173 g/mol. The average Bonchev–Trinajstić information content (AvgIpc) is 2.87. The van der Waals surface area contributed by atoms with Gasteiger partial charge in [-0.1, -0.05) is 18.7 Å². The molecule has 1 fully saturated rings. The zero-order valence-electron chi connectivity index (χ0n) is 7.17. The third kappa shape index (κ3) is 1.48. The molecule has 1 saturated heterocycles. The van der Waals surface area contributed by atoms with Crippen molar-refractivity contribution >= 4 is 15.1 Å². The lowest BCUT2D eigenvalue weighted by Crippen LogP contribution is -1.88. The molecule has 2 rings (SSSR count). The maximum Gasteiger partial charge on any atom is 0.0493 e. The summed E-state index contributed by atoms with van der Waals surface area (Å²) in [4.78, 5) is 4.41. The van der Waals surface area contributed by atoms with E-state index < -0.39 is 0 Å². The van der Waals surface area contributed by atoms with Gasteiger partial charge in [-0.05, 0) is 29.7 Å². The summed E-state index contributed by atoms with van der Waals surface area (Å²) in [5.41, 5.74) is 4.29. The summed E-state index contributed by atoms with van der Waals surface area (Å²) in [5.74, 6) is 0. The number of allylic oxidation sites excluding steroid dienone is 1. The van der Waals surface area contributed by atoms with Crippen molar-refractivity contribution in [3.8, 4) is 0 Å². The smallest absolute Gasteiger partial charge is 0.0493 e. The lowest BCUT2D eigenvalue weighted by molar-refractivity contribution is 1.07. The second-order valence-electron chi connectivity index (χ2n) is 3.21. The number of hydrogen-bond acceptors (Lipinski definition) is 1. The van der Waals surface area contributed by atoms with Gasteiger partial charge in [0.25, 0.3) is 0 Å². The van der Waals surface area contributed by atoms with E-state index in [1.165, 1.54) is 11.7 Å². The summed E-state index contributed by atoms with van der Waals surface area (Å²) < 4.78 is 0. The van der Waals surface area contributed by atoms with Gasteiger partial charge >= 0.3 is 0 Å². The molecule has 0 N–H and O–H groups in total. The van der Waals surface area contributed by atoms with Crippen molar-refractivity contribution < 1.29 is 0 Å². The van der Waals surface area contributed by atoms with Crippen molar-refractivity contribution in [1.82, 2.24) is 4.98 Å². The molecular weight excluding hydrogens is 162 g/mol. The van der Waals surface area contributed by atoms with E-state index in [4.69, 9.17) is 0 Å². The summed E-state index contributed by atoms with van der Waals surface area (Å²) >= 11 is 0. The zero-order chi connectivity index (χ0) is 8.55. The van der Waals surface area contributed by atoms with Crippen LogP contribution in [0.3, 0.4) is 0 Å². The van der Waals surface area contributed by atoms with Gasteiger partial charge in [0.1, 0.15) is 0 Å². The highest BCUT2D eigenvalue weighted by molar-refractivity contribution is 6.50. The van der Waals surface area contributed by atoms with E-state index in [9.17, 15) is 0 Å². The molecule has 60 valence electrons. The summed E-state index contributed by atoms with van der Waals surface area (Å²) in [6, 6.07) is 5.60. The first-order chi connectivity index (χ1) is 5.77. The van der Waals surface area contributed by atoms with Crippen molar-refractivity contribution in [3.63, 3.8) is 0 Å². The highest BCUT2D eigenvalue weighted by atomic mass is 28.2. The molecule has 0 aromatic carbocycles. The van der Waals surface area contributed by atoms with Crippen LogP contribution in [0.1, 0.15) is 23.7 Å². The molecule has 0 unspecified atom stereocenters. The SMILES string of the molecule is C=C(C)c1ccc([C@H]2C[Si]2)nc1. The van der Waals surface area contributed by atoms with E-state index in [-0.39, 0.29) is 0 Å². The molecule has 2 radical (unpaired) electrons. The van der Waals surface area contributed by atoms with Crippen LogP contribution >= 0.6 is 0 Å². The molecule has 1 atom stereocenters. The Morgan fingerprint density at radius 3 is 2.83 bits per heavy atom. The van der Waals surface area contributed by atoms with Gasteiger partial charge in [0.05, 0.1) is 0 Å². The second kappa shape index (κ2) is 2.86. The van der Waals surface area contributed by atoms with Crippen molar-refractivity contribution in [2.75, 3.05) is 0 Å². The highest BCUT2D eigenvalue weighted by Crippen LogP contribution is 2.30. The Bertz CT molecular complexity index is 298. The summed E-state index contributed by atoms with van der Waals surface area (Å²) in [6.45, 7) is 5.89.